The normalized spacial score (nSPS) is 21.0. The minimum atomic E-state index is -0.253. The summed E-state index contributed by atoms with van der Waals surface area (Å²) in [5.41, 5.74) is 4.07. The Bertz CT molecular complexity index is 373. The Morgan fingerprint density at radius 3 is 2.88 bits per heavy atom. The highest BCUT2D eigenvalue weighted by molar-refractivity contribution is 5.61. The molecule has 2 heteroatoms. The van der Waals surface area contributed by atoms with Crippen molar-refractivity contribution in [1.82, 2.24) is 0 Å². The summed E-state index contributed by atoms with van der Waals surface area (Å²) in [6.07, 6.45) is 0.503. The number of likely N-dealkylation sites (N-methyl/N-ethyl adjacent to an activating group) is 1. The van der Waals surface area contributed by atoms with Gasteiger partial charge >= 0.3 is 0 Å². The number of nitrogens with zero attached hydrogens (tertiary/aromatic N) is 1. The molecule has 0 amide bonds. The summed E-state index contributed by atoms with van der Waals surface area (Å²) in [6, 6.07) is 6.62. The number of aliphatic hydroxyl groups is 1. The van der Waals surface area contributed by atoms with Gasteiger partial charge in [-0.15, -0.1) is 0 Å². The van der Waals surface area contributed by atoms with Crippen LogP contribution in [0.15, 0.2) is 18.2 Å². The first kappa shape index (κ1) is 11.5. The maximum Gasteiger partial charge on any atom is 0.0552 e. The van der Waals surface area contributed by atoms with Crippen LogP contribution in [0.4, 0.5) is 5.69 Å². The highest BCUT2D eigenvalue weighted by atomic mass is 16.3. The van der Waals surface area contributed by atoms with E-state index in [1.807, 2.05) is 6.92 Å². The van der Waals surface area contributed by atoms with Gasteiger partial charge < -0.3 is 10.0 Å². The van der Waals surface area contributed by atoms with Crippen LogP contribution in [-0.4, -0.2) is 24.3 Å². The van der Waals surface area contributed by atoms with Crippen molar-refractivity contribution in [2.24, 2.45) is 0 Å². The third-order valence-corrected chi connectivity index (χ3v) is 3.37. The van der Waals surface area contributed by atoms with E-state index in [0.717, 1.165) is 19.5 Å². The van der Waals surface area contributed by atoms with Crippen molar-refractivity contribution in [2.75, 3.05) is 18.0 Å². The molecule has 0 spiro atoms. The van der Waals surface area contributed by atoms with Crippen LogP contribution >= 0.6 is 0 Å². The maximum atomic E-state index is 9.41. The zero-order valence-electron chi connectivity index (χ0n) is 10.4. The van der Waals surface area contributed by atoms with E-state index in [9.17, 15) is 5.11 Å². The Morgan fingerprint density at radius 2 is 2.25 bits per heavy atom. The molecule has 2 nitrogen and oxygen atoms in total. The molecule has 2 unspecified atom stereocenters. The molecule has 2 atom stereocenters. The van der Waals surface area contributed by atoms with Crippen molar-refractivity contribution in [2.45, 2.75) is 39.2 Å². The SMILES string of the molecule is CCN1CC(C)c2cc(CC(C)O)ccc21. The topological polar surface area (TPSA) is 23.5 Å². The van der Waals surface area contributed by atoms with E-state index in [1.165, 1.54) is 16.8 Å². The Labute approximate surface area is 97.9 Å². The van der Waals surface area contributed by atoms with E-state index < -0.39 is 0 Å². The molecule has 0 fully saturated rings. The first-order chi connectivity index (χ1) is 7.61. The first-order valence-electron chi connectivity index (χ1n) is 6.17. The van der Waals surface area contributed by atoms with Crippen LogP contribution in [0, 0.1) is 0 Å². The Morgan fingerprint density at radius 1 is 1.50 bits per heavy atom. The number of hydrogen-bond acceptors (Lipinski definition) is 2. The molecule has 0 aliphatic carbocycles. The fourth-order valence-corrected chi connectivity index (χ4v) is 2.58. The molecule has 16 heavy (non-hydrogen) atoms. The van der Waals surface area contributed by atoms with Gasteiger partial charge in [-0.2, -0.15) is 0 Å². The van der Waals surface area contributed by atoms with Crippen LogP contribution in [0.5, 0.6) is 0 Å². The molecule has 1 N–H and O–H groups in total. The molecule has 0 aromatic heterocycles. The fraction of sp³-hybridized carbons (Fsp3) is 0.571. The summed E-state index contributed by atoms with van der Waals surface area (Å²) in [7, 11) is 0. The summed E-state index contributed by atoms with van der Waals surface area (Å²) < 4.78 is 0. The van der Waals surface area contributed by atoms with Gasteiger partial charge in [0.2, 0.25) is 0 Å². The smallest absolute Gasteiger partial charge is 0.0552 e. The van der Waals surface area contributed by atoms with Crippen molar-refractivity contribution in [3.8, 4) is 0 Å². The lowest BCUT2D eigenvalue weighted by Gasteiger charge is -2.16. The predicted octanol–water partition coefficient (Wildman–Crippen LogP) is 2.55. The lowest BCUT2D eigenvalue weighted by atomic mass is 9.99. The number of fused-ring (bicyclic) bond motifs is 1. The molecule has 1 aromatic carbocycles. The van der Waals surface area contributed by atoms with Gasteiger partial charge in [0.15, 0.2) is 0 Å². The van der Waals surface area contributed by atoms with Crippen LogP contribution in [0.3, 0.4) is 0 Å². The summed E-state index contributed by atoms with van der Waals surface area (Å²) in [4.78, 5) is 2.42. The van der Waals surface area contributed by atoms with Gasteiger partial charge in [-0.1, -0.05) is 19.1 Å². The van der Waals surface area contributed by atoms with E-state index in [0.29, 0.717) is 5.92 Å². The molecular formula is C14H21NO. The van der Waals surface area contributed by atoms with Gasteiger partial charge in [0.1, 0.15) is 0 Å². The van der Waals surface area contributed by atoms with Gasteiger partial charge in [0.25, 0.3) is 0 Å². The minimum Gasteiger partial charge on any atom is -0.393 e. The monoisotopic (exact) mass is 219 g/mol. The average Bonchev–Trinajstić information content (AvgIpc) is 2.55. The van der Waals surface area contributed by atoms with Crippen LogP contribution in [0.2, 0.25) is 0 Å². The zero-order valence-corrected chi connectivity index (χ0v) is 10.4. The van der Waals surface area contributed by atoms with Crippen molar-refractivity contribution < 1.29 is 5.11 Å². The van der Waals surface area contributed by atoms with E-state index >= 15 is 0 Å². The summed E-state index contributed by atoms with van der Waals surface area (Å²) >= 11 is 0. The highest BCUT2D eigenvalue weighted by Gasteiger charge is 2.24. The molecule has 88 valence electrons. The van der Waals surface area contributed by atoms with E-state index in [4.69, 9.17) is 0 Å². The molecule has 0 saturated heterocycles. The number of rotatable bonds is 3. The maximum absolute atomic E-state index is 9.41. The lowest BCUT2D eigenvalue weighted by Crippen LogP contribution is -2.20. The average molecular weight is 219 g/mol. The van der Waals surface area contributed by atoms with Crippen LogP contribution in [0.25, 0.3) is 0 Å². The molecule has 1 heterocycles. The third kappa shape index (κ3) is 2.07. The van der Waals surface area contributed by atoms with Gasteiger partial charge in [-0.25, -0.2) is 0 Å². The first-order valence-corrected chi connectivity index (χ1v) is 6.17. The summed E-state index contributed by atoms with van der Waals surface area (Å²) in [5.74, 6) is 0.615. The minimum absolute atomic E-state index is 0.253. The zero-order chi connectivity index (χ0) is 11.7. The predicted molar refractivity (Wildman–Crippen MR) is 68.1 cm³/mol. The quantitative estimate of drug-likeness (QED) is 0.844. The van der Waals surface area contributed by atoms with Gasteiger partial charge in [-0.05, 0) is 37.5 Å². The van der Waals surface area contributed by atoms with Crippen molar-refractivity contribution in [3.05, 3.63) is 29.3 Å². The fourth-order valence-electron chi connectivity index (χ4n) is 2.58. The number of aliphatic hydroxyl groups excluding tert-OH is 1. The molecule has 1 aliphatic rings. The van der Waals surface area contributed by atoms with Crippen LogP contribution < -0.4 is 4.90 Å². The molecule has 1 aromatic rings. The molecular weight excluding hydrogens is 198 g/mol. The van der Waals surface area contributed by atoms with E-state index in [2.05, 4.69) is 36.9 Å². The molecule has 0 bridgehead atoms. The third-order valence-electron chi connectivity index (χ3n) is 3.37. The van der Waals surface area contributed by atoms with Crippen molar-refractivity contribution in [1.29, 1.82) is 0 Å². The molecule has 0 saturated carbocycles. The highest BCUT2D eigenvalue weighted by Crippen LogP contribution is 2.36. The van der Waals surface area contributed by atoms with Crippen molar-refractivity contribution >= 4 is 5.69 Å². The van der Waals surface area contributed by atoms with Gasteiger partial charge in [-0.3, -0.25) is 0 Å². The second-order valence-corrected chi connectivity index (χ2v) is 4.89. The molecule has 1 aliphatic heterocycles. The van der Waals surface area contributed by atoms with Gasteiger partial charge in [0, 0.05) is 24.7 Å². The largest absolute Gasteiger partial charge is 0.393 e. The van der Waals surface area contributed by atoms with Crippen LogP contribution in [-0.2, 0) is 6.42 Å². The Balaban J connectivity index is 2.29. The summed E-state index contributed by atoms with van der Waals surface area (Å²) in [6.45, 7) is 8.53. The number of hydrogen-bond donors (Lipinski definition) is 1. The van der Waals surface area contributed by atoms with Gasteiger partial charge in [0.05, 0.1) is 6.10 Å². The number of anilines is 1. The summed E-state index contributed by atoms with van der Waals surface area (Å²) in [5, 5.41) is 9.41. The Hall–Kier alpha value is -1.02. The lowest BCUT2D eigenvalue weighted by molar-refractivity contribution is 0.195. The standard InChI is InChI=1S/C14H21NO/c1-4-15-9-10(2)13-8-12(7-11(3)16)5-6-14(13)15/h5-6,8,10-11,16H,4,7,9H2,1-3H3. The number of benzene rings is 1. The molecule has 2 rings (SSSR count). The van der Waals surface area contributed by atoms with E-state index in [1.54, 1.807) is 0 Å². The van der Waals surface area contributed by atoms with Crippen LogP contribution in [0.1, 0.15) is 37.8 Å². The Kier molecular flexibility index (Phi) is 3.20. The second kappa shape index (κ2) is 4.46. The molecule has 0 radical (unpaired) electrons. The van der Waals surface area contributed by atoms with Crippen molar-refractivity contribution in [3.63, 3.8) is 0 Å². The second-order valence-electron chi connectivity index (χ2n) is 4.89. The van der Waals surface area contributed by atoms with E-state index in [-0.39, 0.29) is 6.10 Å².